The quantitative estimate of drug-likeness (QED) is 0.319. The van der Waals surface area contributed by atoms with Crippen LogP contribution in [0, 0.1) is 17.8 Å². The van der Waals surface area contributed by atoms with Gasteiger partial charge in [0.05, 0.1) is 0 Å². The lowest BCUT2D eigenvalue weighted by Crippen LogP contribution is -2.14. The molecule has 0 aromatic carbocycles. The molecule has 0 saturated heterocycles. The van der Waals surface area contributed by atoms with Crippen LogP contribution in [0.1, 0.15) is 53.4 Å². The average Bonchev–Trinajstić information content (AvgIpc) is 2.25. The molecule has 0 heterocycles. The number of allylic oxidation sites excluding steroid dienone is 2. The zero-order valence-corrected chi connectivity index (χ0v) is 12.6. The zero-order chi connectivity index (χ0) is 13.3. The molecule has 0 spiro atoms. The summed E-state index contributed by atoms with van der Waals surface area (Å²) in [6.07, 6.45) is 9.81. The van der Waals surface area contributed by atoms with Crippen molar-refractivity contribution in [2.24, 2.45) is 17.8 Å². The summed E-state index contributed by atoms with van der Waals surface area (Å²) in [4.78, 5) is 0. The maximum atomic E-state index is 3.89. The lowest BCUT2D eigenvalue weighted by molar-refractivity contribution is -0.489. The molecule has 0 amide bonds. The minimum absolute atomic E-state index is 0.725. The van der Waals surface area contributed by atoms with E-state index in [1.807, 2.05) is 11.6 Å². The molecule has 0 N–H and O–H groups in total. The summed E-state index contributed by atoms with van der Waals surface area (Å²) >= 11 is 0. The standard InChI is InChI=1S/C16H32N/c1-7-10-15(4)16(8-2)13-14(3)11-9-12-17(5)6/h7,10,14-16H,5,8-9,11-13H2,1-4,6H3/q+1. The van der Waals surface area contributed by atoms with Crippen molar-refractivity contribution in [1.29, 1.82) is 0 Å². The fourth-order valence-corrected chi connectivity index (χ4v) is 2.56. The summed E-state index contributed by atoms with van der Waals surface area (Å²) in [5, 5.41) is 0. The van der Waals surface area contributed by atoms with E-state index in [2.05, 4.69) is 46.6 Å². The first-order chi connectivity index (χ1) is 8.01. The van der Waals surface area contributed by atoms with E-state index >= 15 is 0 Å². The molecule has 3 atom stereocenters. The Bertz CT molecular complexity index is 230. The van der Waals surface area contributed by atoms with E-state index in [-0.39, 0.29) is 0 Å². The monoisotopic (exact) mass is 238 g/mol. The molecule has 0 aliphatic carbocycles. The fraction of sp³-hybridized carbons (Fsp3) is 0.812. The van der Waals surface area contributed by atoms with Crippen LogP contribution in [0.25, 0.3) is 0 Å². The molecule has 17 heavy (non-hydrogen) atoms. The van der Waals surface area contributed by atoms with E-state index in [1.165, 1.54) is 25.7 Å². The fourth-order valence-electron chi connectivity index (χ4n) is 2.56. The molecule has 1 nitrogen and oxygen atoms in total. The van der Waals surface area contributed by atoms with Gasteiger partial charge in [-0.3, -0.25) is 0 Å². The summed E-state index contributed by atoms with van der Waals surface area (Å²) in [6, 6.07) is 0. The predicted molar refractivity (Wildman–Crippen MR) is 78.9 cm³/mol. The van der Waals surface area contributed by atoms with Gasteiger partial charge in [-0.15, -0.1) is 0 Å². The maximum Gasteiger partial charge on any atom is 0.142 e. The van der Waals surface area contributed by atoms with Gasteiger partial charge in [0.15, 0.2) is 0 Å². The van der Waals surface area contributed by atoms with Gasteiger partial charge in [0.2, 0.25) is 0 Å². The predicted octanol–water partition coefficient (Wildman–Crippen LogP) is 4.37. The molecule has 0 saturated carbocycles. The lowest BCUT2D eigenvalue weighted by atomic mass is 9.82. The largest absolute Gasteiger partial charge is 0.245 e. The van der Waals surface area contributed by atoms with E-state index in [4.69, 9.17) is 0 Å². The van der Waals surface area contributed by atoms with Crippen LogP contribution in [0.5, 0.6) is 0 Å². The molecular formula is C16H32N+. The second kappa shape index (κ2) is 9.44. The number of rotatable bonds is 9. The minimum atomic E-state index is 0.725. The third-order valence-electron chi connectivity index (χ3n) is 3.71. The Morgan fingerprint density at radius 1 is 1.29 bits per heavy atom. The van der Waals surface area contributed by atoms with Crippen molar-refractivity contribution in [3.63, 3.8) is 0 Å². The van der Waals surface area contributed by atoms with Crippen LogP contribution in [0.15, 0.2) is 12.2 Å². The van der Waals surface area contributed by atoms with Gasteiger partial charge in [-0.05, 0) is 37.5 Å². The topological polar surface area (TPSA) is 3.01 Å². The number of hydrogen-bond acceptors (Lipinski definition) is 0. The van der Waals surface area contributed by atoms with Gasteiger partial charge < -0.3 is 0 Å². The minimum Gasteiger partial charge on any atom is -0.245 e. The molecule has 0 aliphatic rings. The van der Waals surface area contributed by atoms with Crippen LogP contribution in [0.2, 0.25) is 0 Å². The second-order valence-electron chi connectivity index (χ2n) is 5.62. The molecule has 0 aromatic rings. The van der Waals surface area contributed by atoms with Gasteiger partial charge in [-0.1, -0.05) is 39.3 Å². The molecule has 0 bridgehead atoms. The third kappa shape index (κ3) is 8.18. The van der Waals surface area contributed by atoms with Crippen molar-refractivity contribution in [3.8, 4) is 0 Å². The average molecular weight is 238 g/mol. The third-order valence-corrected chi connectivity index (χ3v) is 3.71. The first-order valence-corrected chi connectivity index (χ1v) is 7.15. The Balaban J connectivity index is 3.97. The SMILES string of the molecule is C=[N+](C)CCCC(C)CC(CC)C(C)C=CC. The summed E-state index contributed by atoms with van der Waals surface area (Å²) in [5.74, 6) is 2.41. The summed E-state index contributed by atoms with van der Waals surface area (Å²) in [7, 11) is 2.05. The van der Waals surface area contributed by atoms with Gasteiger partial charge >= 0.3 is 0 Å². The molecular weight excluding hydrogens is 206 g/mol. The molecule has 0 rings (SSSR count). The van der Waals surface area contributed by atoms with Crippen LogP contribution in [-0.2, 0) is 0 Å². The smallest absolute Gasteiger partial charge is 0.142 e. The van der Waals surface area contributed by atoms with Crippen LogP contribution < -0.4 is 0 Å². The number of nitrogens with zero attached hydrogens (tertiary/aromatic N) is 1. The summed E-state index contributed by atoms with van der Waals surface area (Å²) in [6.45, 7) is 14.2. The molecule has 3 unspecified atom stereocenters. The van der Waals surface area contributed by atoms with Gasteiger partial charge in [0.1, 0.15) is 20.3 Å². The molecule has 0 aliphatic heterocycles. The first-order valence-electron chi connectivity index (χ1n) is 7.15. The van der Waals surface area contributed by atoms with Crippen molar-refractivity contribution < 1.29 is 4.58 Å². The highest BCUT2D eigenvalue weighted by Crippen LogP contribution is 2.26. The van der Waals surface area contributed by atoms with Gasteiger partial charge in [0, 0.05) is 6.42 Å². The molecule has 1 heteroatoms. The van der Waals surface area contributed by atoms with E-state index in [9.17, 15) is 0 Å². The Labute approximate surface area is 109 Å². The lowest BCUT2D eigenvalue weighted by Gasteiger charge is -2.23. The first kappa shape index (κ1) is 16.4. The Morgan fingerprint density at radius 2 is 1.94 bits per heavy atom. The normalized spacial score (nSPS) is 17.0. The highest BCUT2D eigenvalue weighted by Gasteiger charge is 2.16. The van der Waals surface area contributed by atoms with E-state index in [1.54, 1.807) is 0 Å². The maximum absolute atomic E-state index is 3.89. The van der Waals surface area contributed by atoms with Crippen LogP contribution in [0.3, 0.4) is 0 Å². The highest BCUT2D eigenvalue weighted by atomic mass is 14.9. The molecule has 0 fully saturated rings. The Morgan fingerprint density at radius 3 is 2.41 bits per heavy atom. The van der Waals surface area contributed by atoms with Gasteiger partial charge in [-0.2, -0.15) is 0 Å². The van der Waals surface area contributed by atoms with E-state index < -0.39 is 0 Å². The van der Waals surface area contributed by atoms with E-state index in [0.717, 1.165) is 24.3 Å². The van der Waals surface area contributed by atoms with Crippen molar-refractivity contribution in [2.45, 2.75) is 53.4 Å². The van der Waals surface area contributed by atoms with Crippen molar-refractivity contribution in [1.82, 2.24) is 0 Å². The second-order valence-corrected chi connectivity index (χ2v) is 5.62. The number of hydrogen-bond donors (Lipinski definition) is 0. The Hall–Kier alpha value is -0.590. The summed E-state index contributed by atoms with van der Waals surface area (Å²) in [5.41, 5.74) is 0. The van der Waals surface area contributed by atoms with Crippen molar-refractivity contribution in [2.75, 3.05) is 13.6 Å². The molecule has 0 aromatic heterocycles. The van der Waals surface area contributed by atoms with Crippen LogP contribution in [-0.4, -0.2) is 24.9 Å². The van der Waals surface area contributed by atoms with Gasteiger partial charge in [-0.25, -0.2) is 4.58 Å². The van der Waals surface area contributed by atoms with Crippen molar-refractivity contribution in [3.05, 3.63) is 12.2 Å². The molecule has 100 valence electrons. The van der Waals surface area contributed by atoms with Crippen LogP contribution >= 0.6 is 0 Å². The highest BCUT2D eigenvalue weighted by molar-refractivity contribution is 5.13. The van der Waals surface area contributed by atoms with E-state index in [0.29, 0.717) is 0 Å². The Kier molecular flexibility index (Phi) is 9.11. The van der Waals surface area contributed by atoms with Crippen LogP contribution in [0.4, 0.5) is 0 Å². The van der Waals surface area contributed by atoms with Crippen molar-refractivity contribution >= 4 is 6.72 Å². The molecule has 0 radical (unpaired) electrons. The summed E-state index contributed by atoms with van der Waals surface area (Å²) < 4.78 is 2.03. The zero-order valence-electron chi connectivity index (χ0n) is 12.6. The van der Waals surface area contributed by atoms with Gasteiger partial charge in [0.25, 0.3) is 0 Å².